The third kappa shape index (κ3) is 2.98. The smallest absolute Gasteiger partial charge is 0.137 e. The lowest BCUT2D eigenvalue weighted by atomic mass is 10.3. The lowest BCUT2D eigenvalue weighted by Gasteiger charge is -2.10. The van der Waals surface area contributed by atoms with Crippen LogP contribution in [0, 0.1) is 0 Å². The van der Waals surface area contributed by atoms with Crippen LogP contribution in [0.5, 0.6) is 0 Å². The second kappa shape index (κ2) is 4.84. The van der Waals surface area contributed by atoms with E-state index in [1.165, 1.54) is 6.33 Å². The Morgan fingerprint density at radius 3 is 3.08 bits per heavy atom. The number of nitrogens with zero attached hydrogens (tertiary/aromatic N) is 3. The first-order chi connectivity index (χ1) is 5.83. The highest BCUT2D eigenvalue weighted by Crippen LogP contribution is 1.80. The zero-order chi connectivity index (χ0) is 8.81. The van der Waals surface area contributed by atoms with E-state index in [0.29, 0.717) is 12.6 Å². The molecule has 0 amide bonds. The van der Waals surface area contributed by atoms with Gasteiger partial charge in [0.15, 0.2) is 0 Å². The van der Waals surface area contributed by atoms with E-state index in [9.17, 15) is 0 Å². The number of aromatic nitrogens is 3. The first kappa shape index (κ1) is 9.15. The second-order valence-electron chi connectivity index (χ2n) is 2.75. The van der Waals surface area contributed by atoms with Crippen molar-refractivity contribution >= 4 is 0 Å². The molecule has 1 aromatic heterocycles. The Bertz CT molecular complexity index is 196. The Kier molecular flexibility index (Phi) is 3.69. The van der Waals surface area contributed by atoms with Crippen LogP contribution >= 0.6 is 0 Å². The molecule has 1 atom stereocenters. The molecule has 5 heteroatoms. The highest BCUT2D eigenvalue weighted by molar-refractivity contribution is 4.62. The lowest BCUT2D eigenvalue weighted by molar-refractivity contribution is 0.499. The van der Waals surface area contributed by atoms with Gasteiger partial charge in [0.25, 0.3) is 0 Å². The van der Waals surface area contributed by atoms with E-state index in [1.54, 1.807) is 11.0 Å². The van der Waals surface area contributed by atoms with E-state index in [1.807, 2.05) is 0 Å². The Labute approximate surface area is 72.0 Å². The monoisotopic (exact) mass is 169 g/mol. The molecule has 0 saturated carbocycles. The van der Waals surface area contributed by atoms with Crippen molar-refractivity contribution < 1.29 is 0 Å². The van der Waals surface area contributed by atoms with Crippen LogP contribution in [0.2, 0.25) is 0 Å². The van der Waals surface area contributed by atoms with E-state index in [-0.39, 0.29) is 0 Å². The van der Waals surface area contributed by atoms with Crippen LogP contribution in [0.15, 0.2) is 12.7 Å². The fraction of sp³-hybridized carbons (Fsp3) is 0.714. The van der Waals surface area contributed by atoms with Crippen molar-refractivity contribution in [3.63, 3.8) is 0 Å². The largest absolute Gasteiger partial charge is 0.329 e. The summed E-state index contributed by atoms with van der Waals surface area (Å²) in [6.45, 7) is 4.44. The van der Waals surface area contributed by atoms with Gasteiger partial charge in [0.1, 0.15) is 12.7 Å². The normalized spacial score (nSPS) is 13.2. The van der Waals surface area contributed by atoms with Crippen LogP contribution in [0.1, 0.15) is 6.92 Å². The van der Waals surface area contributed by atoms with Gasteiger partial charge in [0, 0.05) is 19.1 Å². The number of nitrogens with two attached hydrogens (primary N) is 1. The quantitative estimate of drug-likeness (QED) is 0.606. The Morgan fingerprint density at radius 1 is 1.67 bits per heavy atom. The molecule has 1 rings (SSSR count). The topological polar surface area (TPSA) is 68.8 Å². The summed E-state index contributed by atoms with van der Waals surface area (Å²) in [5.74, 6) is 0. The van der Waals surface area contributed by atoms with Gasteiger partial charge >= 0.3 is 0 Å². The van der Waals surface area contributed by atoms with Gasteiger partial charge in [0.2, 0.25) is 0 Å². The second-order valence-corrected chi connectivity index (χ2v) is 2.75. The molecule has 0 spiro atoms. The summed E-state index contributed by atoms with van der Waals surface area (Å²) in [6, 6.07) is 0.369. The minimum Gasteiger partial charge on any atom is -0.329 e. The van der Waals surface area contributed by atoms with Crippen molar-refractivity contribution in [3.05, 3.63) is 12.7 Å². The maximum atomic E-state index is 5.43. The van der Waals surface area contributed by atoms with Crippen LogP contribution in [-0.2, 0) is 6.54 Å². The fourth-order valence-corrected chi connectivity index (χ4v) is 0.857. The summed E-state index contributed by atoms with van der Waals surface area (Å²) in [5.41, 5.74) is 5.43. The molecule has 5 nitrogen and oxygen atoms in total. The van der Waals surface area contributed by atoms with Crippen LogP contribution < -0.4 is 11.1 Å². The number of nitrogens with one attached hydrogen (secondary N) is 1. The fourth-order valence-electron chi connectivity index (χ4n) is 0.857. The maximum Gasteiger partial charge on any atom is 0.137 e. The Morgan fingerprint density at radius 2 is 2.50 bits per heavy atom. The zero-order valence-corrected chi connectivity index (χ0v) is 7.27. The van der Waals surface area contributed by atoms with Gasteiger partial charge in [-0.2, -0.15) is 5.10 Å². The standard InChI is InChI=1S/C7H15N5/c1-7(4-8)10-2-3-12-6-9-5-11-12/h5-7,10H,2-4,8H2,1H3/t7-/m1/s1. The van der Waals surface area contributed by atoms with Crippen molar-refractivity contribution in [2.45, 2.75) is 19.5 Å². The molecule has 0 fully saturated rings. The number of hydrogen-bond donors (Lipinski definition) is 2. The predicted molar refractivity (Wildman–Crippen MR) is 46.5 cm³/mol. The van der Waals surface area contributed by atoms with E-state index < -0.39 is 0 Å². The van der Waals surface area contributed by atoms with Crippen molar-refractivity contribution in [2.75, 3.05) is 13.1 Å². The summed E-state index contributed by atoms with van der Waals surface area (Å²) in [6.07, 6.45) is 3.24. The molecule has 12 heavy (non-hydrogen) atoms. The van der Waals surface area contributed by atoms with Crippen LogP contribution in [0.4, 0.5) is 0 Å². The summed E-state index contributed by atoms with van der Waals surface area (Å²) in [7, 11) is 0. The molecule has 3 N–H and O–H groups in total. The van der Waals surface area contributed by atoms with Gasteiger partial charge in [-0.05, 0) is 6.92 Å². The van der Waals surface area contributed by atoms with Gasteiger partial charge in [0.05, 0.1) is 6.54 Å². The lowest BCUT2D eigenvalue weighted by Crippen LogP contribution is -2.35. The van der Waals surface area contributed by atoms with Crippen LogP contribution in [0.3, 0.4) is 0 Å². The third-order valence-electron chi connectivity index (χ3n) is 1.65. The molecule has 0 unspecified atom stereocenters. The van der Waals surface area contributed by atoms with Crippen molar-refractivity contribution in [1.82, 2.24) is 20.1 Å². The molecule has 0 saturated heterocycles. The molecule has 68 valence electrons. The summed E-state index contributed by atoms with van der Waals surface area (Å²) >= 11 is 0. The van der Waals surface area contributed by atoms with Gasteiger partial charge < -0.3 is 11.1 Å². The zero-order valence-electron chi connectivity index (χ0n) is 7.27. The molecule has 1 heterocycles. The summed E-state index contributed by atoms with van der Waals surface area (Å²) < 4.78 is 1.79. The van der Waals surface area contributed by atoms with E-state index in [2.05, 4.69) is 22.3 Å². The SMILES string of the molecule is C[C@H](CN)NCCn1cncn1. The maximum absolute atomic E-state index is 5.43. The minimum absolute atomic E-state index is 0.369. The first-order valence-electron chi connectivity index (χ1n) is 4.09. The molecule has 0 aliphatic carbocycles. The van der Waals surface area contributed by atoms with Gasteiger partial charge in [-0.1, -0.05) is 0 Å². The summed E-state index contributed by atoms with van der Waals surface area (Å²) in [4.78, 5) is 3.84. The van der Waals surface area contributed by atoms with Gasteiger partial charge in [-0.25, -0.2) is 4.98 Å². The van der Waals surface area contributed by atoms with E-state index in [4.69, 9.17) is 5.73 Å². The molecule has 1 aromatic rings. The van der Waals surface area contributed by atoms with E-state index in [0.717, 1.165) is 13.1 Å². The minimum atomic E-state index is 0.369. The molecule has 0 aliphatic heterocycles. The van der Waals surface area contributed by atoms with Crippen molar-refractivity contribution in [1.29, 1.82) is 0 Å². The van der Waals surface area contributed by atoms with Crippen molar-refractivity contribution in [2.24, 2.45) is 5.73 Å². The molecule has 0 bridgehead atoms. The summed E-state index contributed by atoms with van der Waals surface area (Å²) in [5, 5.41) is 7.23. The number of rotatable bonds is 5. The third-order valence-corrected chi connectivity index (χ3v) is 1.65. The molecular weight excluding hydrogens is 154 g/mol. The van der Waals surface area contributed by atoms with Gasteiger partial charge in [-0.3, -0.25) is 4.68 Å². The molecule has 0 radical (unpaired) electrons. The van der Waals surface area contributed by atoms with Crippen LogP contribution in [-0.4, -0.2) is 33.9 Å². The molecular formula is C7H15N5. The average Bonchev–Trinajstić information content (AvgIpc) is 2.57. The highest BCUT2D eigenvalue weighted by atomic mass is 15.3. The first-order valence-corrected chi connectivity index (χ1v) is 4.09. The van der Waals surface area contributed by atoms with Gasteiger partial charge in [-0.15, -0.1) is 0 Å². The van der Waals surface area contributed by atoms with Crippen LogP contribution in [0.25, 0.3) is 0 Å². The highest BCUT2D eigenvalue weighted by Gasteiger charge is 1.96. The predicted octanol–water partition coefficient (Wildman–Crippen LogP) is -0.785. The Hall–Kier alpha value is -0.940. The number of hydrogen-bond acceptors (Lipinski definition) is 4. The Balaban J connectivity index is 2.11. The molecule has 0 aliphatic rings. The average molecular weight is 169 g/mol. The molecule has 0 aromatic carbocycles. The van der Waals surface area contributed by atoms with E-state index >= 15 is 0 Å². The van der Waals surface area contributed by atoms with Crippen molar-refractivity contribution in [3.8, 4) is 0 Å².